The summed E-state index contributed by atoms with van der Waals surface area (Å²) in [7, 11) is 4.25. The summed E-state index contributed by atoms with van der Waals surface area (Å²) in [5.41, 5.74) is 6.52. The SMILES string of the molecule is CC[C@H](C)C(NC(=O)OC)C(=O)N1C[C@@H](C)C[C@H]1c1ncc(-c2ccc3c(c2)COc2cc4c(ccc5nc([C@@H]6C[C@H](COC)CN6C(=O)[C@@H](NC(=O)OC)C(C)C)[nH]c54)cc2-3)[nH]1. The van der Waals surface area contributed by atoms with E-state index in [1.807, 2.05) is 49.8 Å². The maximum absolute atomic E-state index is 14.1. The first kappa shape index (κ1) is 43.5. The van der Waals surface area contributed by atoms with Gasteiger partial charge in [-0.3, -0.25) is 9.59 Å². The van der Waals surface area contributed by atoms with E-state index >= 15 is 0 Å². The Morgan fingerprint density at radius 2 is 1.57 bits per heavy atom. The molecule has 4 amide bonds. The average Bonchev–Trinajstić information content (AvgIpc) is 4.11. The highest BCUT2D eigenvalue weighted by molar-refractivity contribution is 6.07. The van der Waals surface area contributed by atoms with Gasteiger partial charge in [-0.25, -0.2) is 19.6 Å². The topological polar surface area (TPSA) is 193 Å². The number of H-pyrrole nitrogens is 2. The molecule has 5 heterocycles. The predicted octanol–water partition coefficient (Wildman–Crippen LogP) is 7.26. The molecular weight excluding hydrogens is 805 g/mol. The zero-order chi connectivity index (χ0) is 44.7. The lowest BCUT2D eigenvalue weighted by Crippen LogP contribution is -2.51. The van der Waals surface area contributed by atoms with Crippen molar-refractivity contribution in [3.63, 3.8) is 0 Å². The van der Waals surface area contributed by atoms with Crippen LogP contribution in [0.3, 0.4) is 0 Å². The summed E-state index contributed by atoms with van der Waals surface area (Å²) < 4.78 is 21.6. The third-order valence-electron chi connectivity index (χ3n) is 13.1. The van der Waals surface area contributed by atoms with E-state index in [9.17, 15) is 19.2 Å². The quantitative estimate of drug-likeness (QED) is 0.0992. The van der Waals surface area contributed by atoms with Crippen molar-refractivity contribution < 1.29 is 38.1 Å². The molecule has 0 saturated carbocycles. The van der Waals surface area contributed by atoms with Crippen LogP contribution in [0.2, 0.25) is 0 Å². The molecule has 16 heteroatoms. The standard InChI is InChI=1S/C47H58N8O8/c1-9-26(5)40(53-47(59)62-8)45(57)54-20-25(4)14-36(54)42-48-19-35(50-42)29-10-12-31-30(16-29)23-63-38-18-32-28(17-33(31)38)11-13-34-41(32)51-43(49-34)37-15-27(22-60-6)21-55(37)44(56)39(24(2)3)52-46(58)61-7/h10-13,16-19,24-27,36-37,39-40H,9,14-15,20-23H2,1-8H3,(H,48,50)(H,49,51)(H,52,58)(H,53,59)/t25-,26-,27-,36-,37-,39-,40?/m0/s1. The lowest BCUT2D eigenvalue weighted by molar-refractivity contribution is -0.136. The van der Waals surface area contributed by atoms with Crippen LogP contribution in [0.4, 0.5) is 9.59 Å². The number of hydrogen-bond donors (Lipinski definition) is 4. The van der Waals surface area contributed by atoms with Crippen LogP contribution in [-0.2, 0) is 30.4 Å². The van der Waals surface area contributed by atoms with E-state index in [1.165, 1.54) is 14.2 Å². The number of methoxy groups -OCH3 is 3. The van der Waals surface area contributed by atoms with Gasteiger partial charge in [0.1, 0.15) is 36.1 Å². The number of nitrogens with zero attached hydrogens (tertiary/aromatic N) is 4. The van der Waals surface area contributed by atoms with Crippen molar-refractivity contribution in [2.24, 2.45) is 23.7 Å². The zero-order valence-corrected chi connectivity index (χ0v) is 37.2. The number of nitrogens with one attached hydrogen (secondary N) is 4. The second kappa shape index (κ2) is 17.9. The molecule has 2 aromatic heterocycles. The van der Waals surface area contributed by atoms with Gasteiger partial charge in [0.15, 0.2) is 0 Å². The van der Waals surface area contributed by atoms with Gasteiger partial charge in [0.25, 0.3) is 0 Å². The summed E-state index contributed by atoms with van der Waals surface area (Å²) in [6.07, 6.45) is 2.67. The van der Waals surface area contributed by atoms with E-state index in [0.717, 1.165) is 68.3 Å². The molecule has 7 atom stereocenters. The highest BCUT2D eigenvalue weighted by Crippen LogP contribution is 2.44. The van der Waals surface area contributed by atoms with Crippen molar-refractivity contribution in [1.82, 2.24) is 40.4 Å². The van der Waals surface area contributed by atoms with Gasteiger partial charge in [-0.15, -0.1) is 0 Å². The number of aromatic amines is 2. The fourth-order valence-corrected chi connectivity index (χ4v) is 9.55. The van der Waals surface area contributed by atoms with Crippen LogP contribution >= 0.6 is 0 Å². The van der Waals surface area contributed by atoms with Gasteiger partial charge in [-0.1, -0.05) is 59.2 Å². The van der Waals surface area contributed by atoms with E-state index in [-0.39, 0.29) is 47.6 Å². The van der Waals surface area contributed by atoms with Crippen molar-refractivity contribution >= 4 is 45.8 Å². The predicted molar refractivity (Wildman–Crippen MR) is 237 cm³/mol. The molecule has 2 fully saturated rings. The maximum atomic E-state index is 14.1. The molecule has 0 bridgehead atoms. The number of aromatic nitrogens is 4. The Labute approximate surface area is 366 Å². The highest BCUT2D eigenvalue weighted by atomic mass is 16.5. The van der Waals surface area contributed by atoms with E-state index in [2.05, 4.69) is 63.9 Å². The first-order chi connectivity index (χ1) is 30.3. The fraction of sp³-hybridized carbons (Fsp3) is 0.489. The van der Waals surface area contributed by atoms with Crippen molar-refractivity contribution in [1.29, 1.82) is 0 Å². The van der Waals surface area contributed by atoms with Gasteiger partial charge in [-0.2, -0.15) is 0 Å². The molecule has 0 radical (unpaired) electrons. The minimum absolute atomic E-state index is 0.0789. The molecule has 334 valence electrons. The first-order valence-corrected chi connectivity index (χ1v) is 21.9. The molecule has 3 aliphatic heterocycles. The third-order valence-corrected chi connectivity index (χ3v) is 13.1. The van der Waals surface area contributed by atoms with E-state index in [4.69, 9.17) is 28.9 Å². The molecule has 63 heavy (non-hydrogen) atoms. The minimum Gasteiger partial charge on any atom is -0.488 e. The van der Waals surface area contributed by atoms with Gasteiger partial charge >= 0.3 is 12.2 Å². The summed E-state index contributed by atoms with van der Waals surface area (Å²) in [5, 5.41) is 7.47. The largest absolute Gasteiger partial charge is 0.488 e. The number of benzene rings is 3. The Morgan fingerprint density at radius 1 is 0.857 bits per heavy atom. The molecule has 4 N–H and O–H groups in total. The molecule has 8 rings (SSSR count). The Kier molecular flexibility index (Phi) is 12.4. The number of carbonyl (C=O) groups excluding carboxylic acids is 4. The number of fused-ring (bicyclic) bond motifs is 6. The van der Waals surface area contributed by atoms with Crippen LogP contribution in [0.25, 0.3) is 44.2 Å². The second-order valence-corrected chi connectivity index (χ2v) is 17.8. The first-order valence-electron chi connectivity index (χ1n) is 21.9. The van der Waals surface area contributed by atoms with E-state index in [0.29, 0.717) is 44.4 Å². The smallest absolute Gasteiger partial charge is 0.407 e. The number of ether oxygens (including phenoxy) is 4. The number of carbonyl (C=O) groups is 4. The lowest BCUT2D eigenvalue weighted by atomic mass is 9.92. The van der Waals surface area contributed by atoms with Crippen LogP contribution in [-0.4, -0.2) is 107 Å². The van der Waals surface area contributed by atoms with Gasteiger partial charge < -0.3 is 49.3 Å². The monoisotopic (exact) mass is 862 g/mol. The van der Waals surface area contributed by atoms with Gasteiger partial charge in [-0.05, 0) is 76.9 Å². The van der Waals surface area contributed by atoms with Crippen LogP contribution in [0, 0.1) is 23.7 Å². The Balaban J connectivity index is 1.05. The normalized spacial score (nSPS) is 20.8. The van der Waals surface area contributed by atoms with Gasteiger partial charge in [0.05, 0.1) is 55.8 Å². The fourth-order valence-electron chi connectivity index (χ4n) is 9.55. The number of imidazole rings is 2. The van der Waals surface area contributed by atoms with Crippen LogP contribution in [0.5, 0.6) is 5.75 Å². The molecule has 2 saturated heterocycles. The molecule has 3 aromatic carbocycles. The number of likely N-dealkylation sites (tertiary alicyclic amines) is 2. The number of amides is 4. The molecule has 0 spiro atoms. The van der Waals surface area contributed by atoms with Crippen molar-refractivity contribution in [3.05, 3.63) is 65.9 Å². The number of rotatable bonds is 12. The highest BCUT2D eigenvalue weighted by Gasteiger charge is 2.43. The summed E-state index contributed by atoms with van der Waals surface area (Å²) in [6, 6.07) is 12.5. The average molecular weight is 863 g/mol. The maximum Gasteiger partial charge on any atom is 0.407 e. The van der Waals surface area contributed by atoms with Crippen LogP contribution < -0.4 is 15.4 Å². The molecular formula is C47H58N8O8. The van der Waals surface area contributed by atoms with Crippen LogP contribution in [0.15, 0.2) is 48.7 Å². The van der Waals surface area contributed by atoms with Crippen LogP contribution in [0.1, 0.15) is 83.2 Å². The summed E-state index contributed by atoms with van der Waals surface area (Å²) >= 11 is 0. The molecule has 16 nitrogen and oxygen atoms in total. The summed E-state index contributed by atoms with van der Waals surface area (Å²) in [4.78, 5) is 73.0. The summed E-state index contributed by atoms with van der Waals surface area (Å²) in [6.45, 7) is 11.8. The Morgan fingerprint density at radius 3 is 2.29 bits per heavy atom. The molecule has 3 aliphatic rings. The van der Waals surface area contributed by atoms with Gasteiger partial charge in [0, 0.05) is 37.1 Å². The zero-order valence-electron chi connectivity index (χ0n) is 37.2. The van der Waals surface area contributed by atoms with E-state index in [1.54, 1.807) is 7.11 Å². The minimum atomic E-state index is -0.762. The third kappa shape index (κ3) is 8.40. The second-order valence-electron chi connectivity index (χ2n) is 17.8. The lowest BCUT2D eigenvalue weighted by Gasteiger charge is -2.30. The van der Waals surface area contributed by atoms with Crippen molar-refractivity contribution in [3.8, 4) is 28.1 Å². The molecule has 0 aliphatic carbocycles. The Hall–Kier alpha value is -6.16. The molecule has 1 unspecified atom stereocenters. The van der Waals surface area contributed by atoms with Gasteiger partial charge in [0.2, 0.25) is 11.8 Å². The van der Waals surface area contributed by atoms with Crippen molar-refractivity contribution in [2.75, 3.05) is 41.0 Å². The molecule has 5 aromatic rings. The summed E-state index contributed by atoms with van der Waals surface area (Å²) in [5.74, 6) is 1.93. The van der Waals surface area contributed by atoms with Crippen molar-refractivity contribution in [2.45, 2.75) is 84.7 Å². The number of hydrogen-bond acceptors (Lipinski definition) is 10. The van der Waals surface area contributed by atoms with E-state index < -0.39 is 24.3 Å². The Bertz CT molecular complexity index is 2530. The number of alkyl carbamates (subject to hydrolysis) is 2.